The summed E-state index contributed by atoms with van der Waals surface area (Å²) in [6.07, 6.45) is 7.41. The van der Waals surface area contributed by atoms with Crippen LogP contribution in [-0.4, -0.2) is 43.0 Å². The van der Waals surface area contributed by atoms with Gasteiger partial charge in [0.1, 0.15) is 4.99 Å². The van der Waals surface area contributed by atoms with Gasteiger partial charge in [-0.05, 0) is 33.1 Å². The van der Waals surface area contributed by atoms with Crippen molar-refractivity contribution < 1.29 is 0 Å². The zero-order valence-electron chi connectivity index (χ0n) is 14.2. The van der Waals surface area contributed by atoms with Crippen molar-refractivity contribution in [3.05, 3.63) is 35.9 Å². The molecule has 0 aliphatic rings. The molecule has 124 valence electrons. The second kappa shape index (κ2) is 7.88. The van der Waals surface area contributed by atoms with E-state index in [1.807, 2.05) is 24.0 Å². The minimum absolute atomic E-state index is 0.319. The van der Waals surface area contributed by atoms with Crippen LogP contribution in [0.15, 0.2) is 24.7 Å². The van der Waals surface area contributed by atoms with Gasteiger partial charge in [-0.2, -0.15) is 27.1 Å². The molecule has 0 bridgehead atoms. The third-order valence-electron chi connectivity index (χ3n) is 4.15. The first-order valence-corrected chi connectivity index (χ1v) is 9.36. The van der Waals surface area contributed by atoms with Gasteiger partial charge in [0.25, 0.3) is 0 Å². The Morgan fingerprint density at radius 3 is 2.65 bits per heavy atom. The molecule has 2 atom stereocenters. The first kappa shape index (κ1) is 17.9. The van der Waals surface area contributed by atoms with Crippen LogP contribution in [0.3, 0.4) is 0 Å². The molecule has 0 aliphatic heterocycles. The van der Waals surface area contributed by atoms with Gasteiger partial charge in [0.05, 0.1) is 35.9 Å². The third-order valence-corrected chi connectivity index (χ3v) is 5.73. The summed E-state index contributed by atoms with van der Waals surface area (Å²) in [5, 5.41) is 12.8. The fraction of sp³-hybridized carbons (Fsp3) is 0.500. The summed E-state index contributed by atoms with van der Waals surface area (Å²) < 4.78 is 2.07. The Morgan fingerprint density at radius 2 is 2.09 bits per heavy atom. The number of rotatable bonds is 6. The van der Waals surface area contributed by atoms with E-state index in [1.54, 1.807) is 12.4 Å². The molecule has 0 aliphatic carbocycles. The van der Waals surface area contributed by atoms with Crippen LogP contribution in [0.25, 0.3) is 0 Å². The molecule has 2 unspecified atom stereocenters. The van der Waals surface area contributed by atoms with Crippen molar-refractivity contribution in [2.45, 2.75) is 39.0 Å². The van der Waals surface area contributed by atoms with E-state index in [4.69, 9.17) is 12.2 Å². The summed E-state index contributed by atoms with van der Waals surface area (Å²) in [4.78, 5) is 2.83. The van der Waals surface area contributed by atoms with Crippen LogP contribution in [-0.2, 0) is 0 Å². The molecule has 0 saturated carbocycles. The maximum atomic E-state index is 5.72. The molecule has 2 rings (SSSR count). The second-order valence-corrected chi connectivity index (χ2v) is 7.02. The quantitative estimate of drug-likeness (QED) is 0.744. The molecular formula is C16H23N5S2. The molecule has 0 spiro atoms. The zero-order chi connectivity index (χ0) is 17.0. The highest BCUT2D eigenvalue weighted by Crippen LogP contribution is 2.25. The lowest BCUT2D eigenvalue weighted by Crippen LogP contribution is -2.30. The summed E-state index contributed by atoms with van der Waals surface area (Å²) in [5.74, 6) is 0. The van der Waals surface area contributed by atoms with Crippen molar-refractivity contribution in [2.24, 2.45) is 0 Å². The predicted molar refractivity (Wildman–Crippen MR) is 101 cm³/mol. The Labute approximate surface area is 147 Å². The summed E-state index contributed by atoms with van der Waals surface area (Å²) in [7, 11) is 0. The Balaban J connectivity index is 2.31. The number of thiocarbonyl (C=S) groups is 1. The Kier molecular flexibility index (Phi) is 6.12. The van der Waals surface area contributed by atoms with E-state index in [0.717, 1.165) is 28.5 Å². The van der Waals surface area contributed by atoms with E-state index in [9.17, 15) is 0 Å². The van der Waals surface area contributed by atoms with Crippen LogP contribution in [0, 0.1) is 6.92 Å². The average molecular weight is 350 g/mol. The number of hydrogen-bond donors (Lipinski definition) is 0. The maximum absolute atomic E-state index is 5.72. The van der Waals surface area contributed by atoms with Gasteiger partial charge in [-0.1, -0.05) is 19.1 Å². The maximum Gasteiger partial charge on any atom is 0.117 e. The monoisotopic (exact) mass is 349 g/mol. The number of aromatic nitrogens is 4. The normalized spacial score (nSPS) is 13.6. The zero-order valence-corrected chi connectivity index (χ0v) is 15.9. The Hall–Kier alpha value is -1.47. The van der Waals surface area contributed by atoms with Crippen molar-refractivity contribution in [3.8, 4) is 0 Å². The molecule has 0 radical (unpaired) electrons. The highest BCUT2D eigenvalue weighted by molar-refractivity contribution is 7.99. The van der Waals surface area contributed by atoms with E-state index < -0.39 is 0 Å². The van der Waals surface area contributed by atoms with E-state index in [1.165, 1.54) is 0 Å². The van der Waals surface area contributed by atoms with Crippen LogP contribution >= 0.6 is 24.0 Å². The first-order chi connectivity index (χ1) is 11.0. The molecule has 0 fully saturated rings. The molecular weight excluding hydrogens is 326 g/mol. The fourth-order valence-electron chi connectivity index (χ4n) is 2.47. The lowest BCUT2D eigenvalue weighted by molar-refractivity contribution is 0.477. The molecule has 2 aromatic rings. The van der Waals surface area contributed by atoms with Gasteiger partial charge in [0, 0.05) is 17.5 Å². The van der Waals surface area contributed by atoms with Crippen LogP contribution < -0.4 is 4.90 Å². The highest BCUT2D eigenvalue weighted by Gasteiger charge is 2.21. The SMILES string of the molecule is CCN(C(=S)c1cnn(C(C)C(C)SC)c1C)c1ccnnc1. The minimum atomic E-state index is 0.319. The van der Waals surface area contributed by atoms with Crippen LogP contribution in [0.5, 0.6) is 0 Å². The van der Waals surface area contributed by atoms with Gasteiger partial charge in [0.15, 0.2) is 0 Å². The van der Waals surface area contributed by atoms with E-state index in [2.05, 4.69) is 58.8 Å². The predicted octanol–water partition coefficient (Wildman–Crippen LogP) is 3.50. The molecule has 23 heavy (non-hydrogen) atoms. The molecule has 0 aromatic carbocycles. The van der Waals surface area contributed by atoms with E-state index in [-0.39, 0.29) is 0 Å². The van der Waals surface area contributed by atoms with Crippen molar-refractivity contribution in [1.29, 1.82) is 0 Å². The summed E-state index contributed by atoms with van der Waals surface area (Å²) in [6, 6.07) is 2.24. The summed E-state index contributed by atoms with van der Waals surface area (Å²) in [6.45, 7) is 9.33. The van der Waals surface area contributed by atoms with Gasteiger partial charge >= 0.3 is 0 Å². The van der Waals surface area contributed by atoms with E-state index in [0.29, 0.717) is 11.3 Å². The smallest absolute Gasteiger partial charge is 0.117 e. The molecule has 2 heterocycles. The van der Waals surface area contributed by atoms with Gasteiger partial charge in [-0.3, -0.25) is 4.68 Å². The molecule has 7 heteroatoms. The highest BCUT2D eigenvalue weighted by atomic mass is 32.2. The summed E-state index contributed by atoms with van der Waals surface area (Å²) in [5.41, 5.74) is 3.05. The van der Waals surface area contributed by atoms with Gasteiger partial charge in [-0.15, -0.1) is 0 Å². The van der Waals surface area contributed by atoms with Crippen molar-refractivity contribution in [3.63, 3.8) is 0 Å². The Bertz CT molecular complexity index is 656. The second-order valence-electron chi connectivity index (χ2n) is 5.42. The lowest BCUT2D eigenvalue weighted by Gasteiger charge is -2.24. The number of anilines is 1. The standard InChI is InChI=1S/C16H23N5S2/c1-6-20(14-7-8-17-18-9-14)16(22)15-10-19-21(12(15)3)11(2)13(4)23-5/h7-11,13H,6H2,1-5H3. The van der Waals surface area contributed by atoms with Gasteiger partial charge in [0.2, 0.25) is 0 Å². The third kappa shape index (κ3) is 3.72. The minimum Gasteiger partial charge on any atom is -0.331 e. The lowest BCUT2D eigenvalue weighted by atomic mass is 10.2. The Morgan fingerprint density at radius 1 is 1.35 bits per heavy atom. The first-order valence-electron chi connectivity index (χ1n) is 7.66. The molecule has 0 saturated heterocycles. The van der Waals surface area contributed by atoms with Gasteiger partial charge in [-0.25, -0.2) is 0 Å². The fourth-order valence-corrected chi connectivity index (χ4v) is 3.42. The number of thioether (sulfide) groups is 1. The van der Waals surface area contributed by atoms with E-state index >= 15 is 0 Å². The largest absolute Gasteiger partial charge is 0.331 e. The number of hydrogen-bond acceptors (Lipinski definition) is 5. The molecule has 0 N–H and O–H groups in total. The molecule has 0 amide bonds. The van der Waals surface area contributed by atoms with Crippen LogP contribution in [0.4, 0.5) is 5.69 Å². The van der Waals surface area contributed by atoms with Crippen molar-refractivity contribution >= 4 is 34.7 Å². The van der Waals surface area contributed by atoms with Gasteiger partial charge < -0.3 is 4.90 Å². The van der Waals surface area contributed by atoms with Crippen LogP contribution in [0.2, 0.25) is 0 Å². The van der Waals surface area contributed by atoms with Crippen LogP contribution in [0.1, 0.15) is 38.1 Å². The van der Waals surface area contributed by atoms with Crippen molar-refractivity contribution in [1.82, 2.24) is 20.0 Å². The van der Waals surface area contributed by atoms with Crippen molar-refractivity contribution in [2.75, 3.05) is 17.7 Å². The number of nitrogens with zero attached hydrogens (tertiary/aromatic N) is 5. The topological polar surface area (TPSA) is 46.8 Å². The molecule has 2 aromatic heterocycles. The average Bonchev–Trinajstić information content (AvgIpc) is 2.96. The molecule has 5 nitrogen and oxygen atoms in total. The summed E-state index contributed by atoms with van der Waals surface area (Å²) >= 11 is 7.57.